The molecule has 7 heteroatoms. The number of amides is 1. The standard InChI is InChI=1S/C22H27N3O4/c1-28-9-10-29-18-7-5-15(6-8-18)12-24-22(27)21-17-11-16(13-23-14-17)19-3-2-4-20(26)25(19)21/h2-8,16-17,21,23H,9-14H2,1H3,(H,24,27)/t16-,17+,21-/m1/s1. The summed E-state index contributed by atoms with van der Waals surface area (Å²) in [6.45, 7) is 3.06. The highest BCUT2D eigenvalue weighted by atomic mass is 16.5. The maximum atomic E-state index is 13.1. The van der Waals surface area contributed by atoms with E-state index in [4.69, 9.17) is 9.47 Å². The van der Waals surface area contributed by atoms with Crippen LogP contribution in [0.2, 0.25) is 0 Å². The van der Waals surface area contributed by atoms with Crippen LogP contribution in [0.1, 0.15) is 29.6 Å². The minimum absolute atomic E-state index is 0.100. The third kappa shape index (κ3) is 4.21. The van der Waals surface area contributed by atoms with E-state index in [1.165, 1.54) is 0 Å². The summed E-state index contributed by atoms with van der Waals surface area (Å²) in [5, 5.41) is 6.44. The van der Waals surface area contributed by atoms with E-state index in [0.717, 1.165) is 36.5 Å². The summed E-state index contributed by atoms with van der Waals surface area (Å²) >= 11 is 0. The van der Waals surface area contributed by atoms with Gasteiger partial charge in [0.05, 0.1) is 6.61 Å². The second kappa shape index (κ2) is 8.80. The quantitative estimate of drug-likeness (QED) is 0.691. The topological polar surface area (TPSA) is 81.6 Å². The number of aromatic nitrogens is 1. The molecular weight excluding hydrogens is 370 g/mol. The maximum Gasteiger partial charge on any atom is 0.251 e. The minimum atomic E-state index is -0.473. The van der Waals surface area contributed by atoms with E-state index < -0.39 is 6.04 Å². The first-order valence-corrected chi connectivity index (χ1v) is 10.1. The average Bonchev–Trinajstić information content (AvgIpc) is 2.74. The molecule has 2 N–H and O–H groups in total. The highest BCUT2D eigenvalue weighted by molar-refractivity contribution is 5.81. The van der Waals surface area contributed by atoms with Gasteiger partial charge in [0, 0.05) is 50.3 Å². The summed E-state index contributed by atoms with van der Waals surface area (Å²) in [4.78, 5) is 25.7. The predicted octanol–water partition coefficient (Wildman–Crippen LogP) is 1.44. The lowest BCUT2D eigenvalue weighted by molar-refractivity contribution is -0.127. The largest absolute Gasteiger partial charge is 0.491 e. The number of carbonyl (C=O) groups is 1. The van der Waals surface area contributed by atoms with Gasteiger partial charge in [-0.3, -0.25) is 14.2 Å². The molecule has 29 heavy (non-hydrogen) atoms. The molecule has 1 fully saturated rings. The molecule has 0 unspecified atom stereocenters. The number of pyridine rings is 1. The molecule has 7 nitrogen and oxygen atoms in total. The van der Waals surface area contributed by atoms with E-state index in [1.807, 2.05) is 30.3 Å². The molecule has 0 spiro atoms. The second-order valence-corrected chi connectivity index (χ2v) is 7.66. The molecule has 2 aromatic rings. The first kappa shape index (κ1) is 19.7. The summed E-state index contributed by atoms with van der Waals surface area (Å²) in [5.41, 5.74) is 1.84. The van der Waals surface area contributed by atoms with Crippen molar-refractivity contribution in [3.05, 3.63) is 64.1 Å². The lowest BCUT2D eigenvalue weighted by Crippen LogP contribution is -2.52. The van der Waals surface area contributed by atoms with Gasteiger partial charge in [-0.05, 0) is 30.2 Å². The Morgan fingerprint density at radius 3 is 2.79 bits per heavy atom. The lowest BCUT2D eigenvalue weighted by Gasteiger charge is -2.42. The van der Waals surface area contributed by atoms with Crippen molar-refractivity contribution >= 4 is 5.91 Å². The minimum Gasteiger partial charge on any atom is -0.491 e. The van der Waals surface area contributed by atoms with Gasteiger partial charge in [-0.15, -0.1) is 0 Å². The van der Waals surface area contributed by atoms with E-state index in [0.29, 0.717) is 19.8 Å². The summed E-state index contributed by atoms with van der Waals surface area (Å²) in [6, 6.07) is 12.5. The molecule has 2 bridgehead atoms. The van der Waals surface area contributed by atoms with E-state index in [1.54, 1.807) is 23.8 Å². The number of hydrogen-bond donors (Lipinski definition) is 2. The number of ether oxygens (including phenoxy) is 2. The zero-order valence-corrected chi connectivity index (χ0v) is 16.6. The van der Waals surface area contributed by atoms with E-state index >= 15 is 0 Å². The fourth-order valence-electron chi connectivity index (χ4n) is 4.37. The third-order valence-electron chi connectivity index (χ3n) is 5.76. The molecule has 0 saturated carbocycles. The normalized spacial score (nSPS) is 22.6. The zero-order valence-electron chi connectivity index (χ0n) is 16.6. The van der Waals surface area contributed by atoms with Gasteiger partial charge in [0.25, 0.3) is 5.56 Å². The van der Waals surface area contributed by atoms with Gasteiger partial charge < -0.3 is 20.1 Å². The fourth-order valence-corrected chi connectivity index (χ4v) is 4.37. The highest BCUT2D eigenvalue weighted by Crippen LogP contribution is 2.38. The summed E-state index contributed by atoms with van der Waals surface area (Å²) in [5.74, 6) is 1.08. The van der Waals surface area contributed by atoms with E-state index in [-0.39, 0.29) is 23.3 Å². The van der Waals surface area contributed by atoms with Gasteiger partial charge >= 0.3 is 0 Å². The van der Waals surface area contributed by atoms with Crippen LogP contribution in [0.25, 0.3) is 0 Å². The summed E-state index contributed by atoms with van der Waals surface area (Å²) in [6.07, 6.45) is 0.933. The van der Waals surface area contributed by atoms with Gasteiger partial charge in [-0.2, -0.15) is 0 Å². The first-order valence-electron chi connectivity index (χ1n) is 10.1. The number of nitrogens with zero attached hydrogens (tertiary/aromatic N) is 1. The molecule has 0 aliphatic carbocycles. The van der Waals surface area contributed by atoms with Crippen LogP contribution in [0.15, 0.2) is 47.3 Å². The number of rotatable bonds is 7. The highest BCUT2D eigenvalue weighted by Gasteiger charge is 2.41. The van der Waals surface area contributed by atoms with Crippen LogP contribution in [-0.4, -0.2) is 43.9 Å². The number of fused-ring (bicyclic) bond motifs is 4. The Hall–Kier alpha value is -2.64. The molecule has 1 amide bonds. The van der Waals surface area contributed by atoms with Crippen LogP contribution < -0.4 is 20.9 Å². The molecule has 1 aromatic heterocycles. The number of benzene rings is 1. The van der Waals surface area contributed by atoms with Crippen molar-refractivity contribution in [2.75, 3.05) is 33.4 Å². The Kier molecular flexibility index (Phi) is 5.97. The molecule has 3 heterocycles. The number of nitrogens with one attached hydrogen (secondary N) is 2. The number of methoxy groups -OCH3 is 1. The molecule has 2 aliphatic heterocycles. The lowest BCUT2D eigenvalue weighted by atomic mass is 9.79. The van der Waals surface area contributed by atoms with E-state index in [9.17, 15) is 9.59 Å². The van der Waals surface area contributed by atoms with Crippen molar-refractivity contribution in [2.24, 2.45) is 5.92 Å². The number of piperidine rings is 1. The molecule has 4 rings (SSSR count). The van der Waals surface area contributed by atoms with Crippen LogP contribution in [0.3, 0.4) is 0 Å². The van der Waals surface area contributed by atoms with Crippen molar-refractivity contribution in [1.82, 2.24) is 15.2 Å². The first-order chi connectivity index (χ1) is 14.2. The van der Waals surface area contributed by atoms with E-state index in [2.05, 4.69) is 10.6 Å². The summed E-state index contributed by atoms with van der Waals surface area (Å²) in [7, 11) is 1.64. The van der Waals surface area contributed by atoms with Gasteiger partial charge in [0.1, 0.15) is 18.4 Å². The zero-order chi connectivity index (χ0) is 20.2. The Labute approximate surface area is 170 Å². The van der Waals surface area contributed by atoms with Crippen LogP contribution >= 0.6 is 0 Å². The van der Waals surface area contributed by atoms with Crippen LogP contribution in [0.4, 0.5) is 0 Å². The molecule has 0 radical (unpaired) electrons. The second-order valence-electron chi connectivity index (χ2n) is 7.66. The van der Waals surface area contributed by atoms with Crippen LogP contribution in [0, 0.1) is 5.92 Å². The molecule has 154 valence electrons. The average molecular weight is 397 g/mol. The monoisotopic (exact) mass is 397 g/mol. The Morgan fingerprint density at radius 1 is 1.17 bits per heavy atom. The van der Waals surface area contributed by atoms with Crippen molar-refractivity contribution in [1.29, 1.82) is 0 Å². The van der Waals surface area contributed by atoms with Crippen molar-refractivity contribution in [2.45, 2.75) is 24.9 Å². The predicted molar refractivity (Wildman–Crippen MR) is 109 cm³/mol. The molecule has 3 atom stereocenters. The van der Waals surface area contributed by atoms with Gasteiger partial charge in [-0.25, -0.2) is 0 Å². The van der Waals surface area contributed by atoms with Crippen molar-refractivity contribution in [3.63, 3.8) is 0 Å². The fraction of sp³-hybridized carbons (Fsp3) is 0.455. The van der Waals surface area contributed by atoms with Gasteiger partial charge in [0.2, 0.25) is 5.91 Å². The SMILES string of the molecule is COCCOc1ccc(CNC(=O)[C@H]2[C@@H]3CNC[C@@H](C3)c3cccc(=O)n32)cc1. The van der Waals surface area contributed by atoms with Crippen molar-refractivity contribution in [3.8, 4) is 5.75 Å². The number of carbonyl (C=O) groups excluding carboxylic acids is 1. The molecule has 1 saturated heterocycles. The Balaban J connectivity index is 1.45. The molecule has 2 aliphatic rings. The van der Waals surface area contributed by atoms with Gasteiger partial charge in [-0.1, -0.05) is 18.2 Å². The van der Waals surface area contributed by atoms with Crippen LogP contribution in [0.5, 0.6) is 5.75 Å². The van der Waals surface area contributed by atoms with Crippen molar-refractivity contribution < 1.29 is 14.3 Å². The Bertz CT molecular complexity index is 909. The maximum absolute atomic E-state index is 13.1. The smallest absolute Gasteiger partial charge is 0.251 e. The van der Waals surface area contributed by atoms with Crippen LogP contribution in [-0.2, 0) is 16.1 Å². The Morgan fingerprint density at radius 2 is 2.00 bits per heavy atom. The molecular formula is C22H27N3O4. The third-order valence-corrected chi connectivity index (χ3v) is 5.76. The molecule has 1 aromatic carbocycles. The number of hydrogen-bond acceptors (Lipinski definition) is 5. The summed E-state index contributed by atoms with van der Waals surface area (Å²) < 4.78 is 12.2. The van der Waals surface area contributed by atoms with Gasteiger partial charge in [0.15, 0.2) is 0 Å².